The lowest BCUT2D eigenvalue weighted by Gasteiger charge is -2.18. The van der Waals surface area contributed by atoms with Crippen LogP contribution in [0.4, 0.5) is 0 Å². The second kappa shape index (κ2) is 13.4. The van der Waals surface area contributed by atoms with Gasteiger partial charge in [0.15, 0.2) is 5.96 Å². The van der Waals surface area contributed by atoms with E-state index in [-0.39, 0.29) is 36.5 Å². The van der Waals surface area contributed by atoms with Crippen LogP contribution in [0.2, 0.25) is 0 Å². The smallest absolute Gasteiger partial charge is 0.191 e. The Bertz CT molecular complexity index is 680. The standard InChI is InChI=1S/C21H29N3O2.HI/c1-3-26-20-11-7-8-17(14-20)12-13-23-21(22-2)24-15-19(16-25)18-9-5-4-6-10-18;/h4-11,14,19,25H,3,12-13,15-16H2,1-2H3,(H2,22,23,24);1H. The highest BCUT2D eigenvalue weighted by Gasteiger charge is 2.10. The Labute approximate surface area is 179 Å². The summed E-state index contributed by atoms with van der Waals surface area (Å²) in [7, 11) is 1.75. The van der Waals surface area contributed by atoms with Crippen LogP contribution in [0.3, 0.4) is 0 Å². The largest absolute Gasteiger partial charge is 0.494 e. The van der Waals surface area contributed by atoms with Crippen LogP contribution in [-0.4, -0.2) is 44.4 Å². The number of guanidine groups is 1. The van der Waals surface area contributed by atoms with Crippen molar-refractivity contribution in [2.45, 2.75) is 19.3 Å². The lowest BCUT2D eigenvalue weighted by atomic mass is 10.0. The number of ether oxygens (including phenoxy) is 1. The molecule has 0 heterocycles. The van der Waals surface area contributed by atoms with Crippen LogP contribution < -0.4 is 15.4 Å². The summed E-state index contributed by atoms with van der Waals surface area (Å²) < 4.78 is 5.53. The minimum Gasteiger partial charge on any atom is -0.494 e. The minimum atomic E-state index is 0. The van der Waals surface area contributed by atoms with Gasteiger partial charge in [0.25, 0.3) is 0 Å². The van der Waals surface area contributed by atoms with E-state index < -0.39 is 0 Å². The normalized spacial score (nSPS) is 12.0. The molecular formula is C21H30IN3O2. The van der Waals surface area contributed by atoms with Crippen molar-refractivity contribution in [2.75, 3.05) is 33.4 Å². The van der Waals surface area contributed by atoms with E-state index in [9.17, 15) is 5.11 Å². The molecule has 148 valence electrons. The Balaban J connectivity index is 0.00000364. The van der Waals surface area contributed by atoms with E-state index in [4.69, 9.17) is 4.74 Å². The molecule has 0 saturated carbocycles. The zero-order chi connectivity index (χ0) is 18.6. The van der Waals surface area contributed by atoms with Crippen LogP contribution in [0.1, 0.15) is 24.0 Å². The fraction of sp³-hybridized carbons (Fsp3) is 0.381. The molecule has 1 atom stereocenters. The summed E-state index contributed by atoms with van der Waals surface area (Å²) in [6.45, 7) is 4.15. The number of nitrogens with zero attached hydrogens (tertiary/aromatic N) is 1. The maximum Gasteiger partial charge on any atom is 0.191 e. The number of aliphatic hydroxyl groups excluding tert-OH is 1. The van der Waals surface area contributed by atoms with Crippen molar-refractivity contribution in [3.05, 3.63) is 65.7 Å². The summed E-state index contributed by atoms with van der Waals surface area (Å²) in [6.07, 6.45) is 0.879. The van der Waals surface area contributed by atoms with Crippen LogP contribution in [0, 0.1) is 0 Å². The monoisotopic (exact) mass is 483 g/mol. The van der Waals surface area contributed by atoms with Gasteiger partial charge < -0.3 is 20.5 Å². The zero-order valence-electron chi connectivity index (χ0n) is 16.0. The molecule has 0 radical (unpaired) electrons. The van der Waals surface area contributed by atoms with Crippen LogP contribution in [0.15, 0.2) is 59.6 Å². The van der Waals surface area contributed by atoms with Gasteiger partial charge in [0, 0.05) is 26.1 Å². The average molecular weight is 483 g/mol. The van der Waals surface area contributed by atoms with Crippen LogP contribution in [-0.2, 0) is 6.42 Å². The molecule has 2 rings (SSSR count). The van der Waals surface area contributed by atoms with Gasteiger partial charge in [-0.2, -0.15) is 0 Å². The maximum absolute atomic E-state index is 9.65. The number of hydrogen-bond donors (Lipinski definition) is 3. The average Bonchev–Trinajstić information content (AvgIpc) is 2.68. The Kier molecular flexibility index (Phi) is 11.5. The van der Waals surface area contributed by atoms with Crippen molar-refractivity contribution in [1.29, 1.82) is 0 Å². The van der Waals surface area contributed by atoms with Gasteiger partial charge >= 0.3 is 0 Å². The SMILES string of the molecule is CCOc1cccc(CCNC(=NC)NCC(CO)c2ccccc2)c1.I. The number of halogens is 1. The van der Waals surface area contributed by atoms with E-state index in [0.29, 0.717) is 13.2 Å². The molecule has 2 aromatic rings. The summed E-state index contributed by atoms with van der Waals surface area (Å²) in [5.74, 6) is 1.68. The first kappa shape index (κ1) is 23.2. The van der Waals surface area contributed by atoms with Gasteiger partial charge in [0.1, 0.15) is 5.75 Å². The number of aliphatic hydroxyl groups is 1. The van der Waals surface area contributed by atoms with Gasteiger partial charge in [-0.25, -0.2) is 0 Å². The number of rotatable bonds is 9. The van der Waals surface area contributed by atoms with Gasteiger partial charge in [-0.1, -0.05) is 42.5 Å². The Hall–Kier alpha value is -1.80. The Morgan fingerprint density at radius 2 is 1.89 bits per heavy atom. The van der Waals surface area contributed by atoms with E-state index in [1.165, 1.54) is 5.56 Å². The minimum absolute atomic E-state index is 0. The molecule has 5 nitrogen and oxygen atoms in total. The topological polar surface area (TPSA) is 65.9 Å². The van der Waals surface area contributed by atoms with Gasteiger partial charge in [0.05, 0.1) is 13.2 Å². The molecule has 0 amide bonds. The lowest BCUT2D eigenvalue weighted by Crippen LogP contribution is -2.40. The first-order valence-corrected chi connectivity index (χ1v) is 9.08. The molecule has 0 aromatic heterocycles. The molecule has 0 saturated heterocycles. The molecule has 2 aromatic carbocycles. The third kappa shape index (κ3) is 8.17. The summed E-state index contributed by atoms with van der Waals surface area (Å²) >= 11 is 0. The molecule has 27 heavy (non-hydrogen) atoms. The quantitative estimate of drug-likeness (QED) is 0.291. The molecule has 0 spiro atoms. The molecule has 1 unspecified atom stereocenters. The van der Waals surface area contributed by atoms with E-state index in [2.05, 4.69) is 27.8 Å². The van der Waals surface area contributed by atoms with Gasteiger partial charge in [-0.15, -0.1) is 24.0 Å². The van der Waals surface area contributed by atoms with E-state index in [0.717, 1.165) is 30.2 Å². The number of nitrogens with one attached hydrogen (secondary N) is 2. The molecule has 0 bridgehead atoms. The van der Waals surface area contributed by atoms with Crippen molar-refractivity contribution >= 4 is 29.9 Å². The summed E-state index contributed by atoms with van der Waals surface area (Å²) in [5.41, 5.74) is 2.34. The van der Waals surface area contributed by atoms with Gasteiger partial charge in [-0.05, 0) is 36.6 Å². The van der Waals surface area contributed by atoms with Crippen LogP contribution >= 0.6 is 24.0 Å². The zero-order valence-corrected chi connectivity index (χ0v) is 18.4. The van der Waals surface area contributed by atoms with Crippen molar-refractivity contribution in [3.63, 3.8) is 0 Å². The fourth-order valence-electron chi connectivity index (χ4n) is 2.74. The number of benzene rings is 2. The Morgan fingerprint density at radius 3 is 2.56 bits per heavy atom. The van der Waals surface area contributed by atoms with Gasteiger partial charge in [-0.3, -0.25) is 4.99 Å². The highest BCUT2D eigenvalue weighted by Crippen LogP contribution is 2.14. The van der Waals surface area contributed by atoms with Crippen LogP contribution in [0.25, 0.3) is 0 Å². The van der Waals surface area contributed by atoms with E-state index in [1.54, 1.807) is 7.05 Å². The summed E-state index contributed by atoms with van der Waals surface area (Å²) in [4.78, 5) is 4.25. The second-order valence-electron chi connectivity index (χ2n) is 6.00. The summed E-state index contributed by atoms with van der Waals surface area (Å²) in [6, 6.07) is 18.2. The van der Waals surface area contributed by atoms with E-state index in [1.807, 2.05) is 49.4 Å². The molecular weight excluding hydrogens is 453 g/mol. The van der Waals surface area contributed by atoms with Crippen molar-refractivity contribution < 1.29 is 9.84 Å². The molecule has 0 fully saturated rings. The second-order valence-corrected chi connectivity index (χ2v) is 6.00. The highest BCUT2D eigenvalue weighted by molar-refractivity contribution is 14.0. The Morgan fingerprint density at radius 1 is 1.11 bits per heavy atom. The molecule has 3 N–H and O–H groups in total. The maximum atomic E-state index is 9.65. The predicted molar refractivity (Wildman–Crippen MR) is 122 cm³/mol. The van der Waals surface area contributed by atoms with Crippen molar-refractivity contribution in [3.8, 4) is 5.75 Å². The van der Waals surface area contributed by atoms with E-state index >= 15 is 0 Å². The molecule has 6 heteroatoms. The third-order valence-electron chi connectivity index (χ3n) is 4.15. The lowest BCUT2D eigenvalue weighted by molar-refractivity contribution is 0.265. The molecule has 0 aliphatic carbocycles. The number of aliphatic imine (C=N–C) groups is 1. The molecule has 0 aliphatic heterocycles. The van der Waals surface area contributed by atoms with Gasteiger partial charge in [0.2, 0.25) is 0 Å². The van der Waals surface area contributed by atoms with Crippen molar-refractivity contribution in [1.82, 2.24) is 10.6 Å². The molecule has 0 aliphatic rings. The summed E-state index contributed by atoms with van der Waals surface area (Å²) in [5, 5.41) is 16.3. The highest BCUT2D eigenvalue weighted by atomic mass is 127. The predicted octanol–water partition coefficient (Wildman–Crippen LogP) is 3.19. The number of hydrogen-bond acceptors (Lipinski definition) is 3. The van der Waals surface area contributed by atoms with Crippen LogP contribution in [0.5, 0.6) is 5.75 Å². The fourth-order valence-corrected chi connectivity index (χ4v) is 2.74. The first-order valence-electron chi connectivity index (χ1n) is 9.08. The van der Waals surface area contributed by atoms with Crippen molar-refractivity contribution in [2.24, 2.45) is 4.99 Å². The third-order valence-corrected chi connectivity index (χ3v) is 4.15. The first-order chi connectivity index (χ1) is 12.8.